The van der Waals surface area contributed by atoms with Gasteiger partial charge in [-0.1, -0.05) is 18.1 Å². The van der Waals surface area contributed by atoms with Gasteiger partial charge in [0.2, 0.25) is 0 Å². The van der Waals surface area contributed by atoms with Crippen molar-refractivity contribution in [2.45, 2.75) is 13.3 Å². The van der Waals surface area contributed by atoms with Crippen LogP contribution in [0.1, 0.15) is 29.3 Å². The molecule has 1 amide bonds. The molecule has 1 heterocycles. The van der Waals surface area contributed by atoms with Gasteiger partial charge in [0.05, 0.1) is 5.71 Å². The van der Waals surface area contributed by atoms with E-state index in [0.29, 0.717) is 17.7 Å². The van der Waals surface area contributed by atoms with Crippen molar-refractivity contribution in [3.63, 3.8) is 0 Å². The molecular weight excluding hydrogens is 292 g/mol. The zero-order valence-electron chi connectivity index (χ0n) is 11.7. The molecule has 2 N–H and O–H groups in total. The monoisotopic (exact) mass is 305 g/mol. The summed E-state index contributed by atoms with van der Waals surface area (Å²) in [7, 11) is 0. The molecule has 1 aromatic heterocycles. The summed E-state index contributed by atoms with van der Waals surface area (Å²) in [5, 5.41) is 14.2. The van der Waals surface area contributed by atoms with Crippen LogP contribution in [0.4, 0.5) is 14.6 Å². The van der Waals surface area contributed by atoms with Crippen molar-refractivity contribution in [3.05, 3.63) is 59.3 Å². The van der Waals surface area contributed by atoms with Gasteiger partial charge in [-0.25, -0.2) is 13.8 Å². The number of oxime groups is 1. The summed E-state index contributed by atoms with van der Waals surface area (Å²) in [6.45, 7) is 1.81. The minimum Gasteiger partial charge on any atom is -0.411 e. The molecule has 0 unspecified atom stereocenters. The summed E-state index contributed by atoms with van der Waals surface area (Å²) in [5.74, 6) is -2.70. The summed E-state index contributed by atoms with van der Waals surface area (Å²) in [4.78, 5) is 15.8. The lowest BCUT2D eigenvalue weighted by Crippen LogP contribution is -2.16. The molecule has 0 radical (unpaired) electrons. The van der Waals surface area contributed by atoms with Gasteiger partial charge >= 0.3 is 0 Å². The Kier molecular flexibility index (Phi) is 4.77. The van der Waals surface area contributed by atoms with Gasteiger partial charge in [-0.2, -0.15) is 0 Å². The zero-order valence-corrected chi connectivity index (χ0v) is 11.7. The number of benzene rings is 1. The Balaban J connectivity index is 2.19. The van der Waals surface area contributed by atoms with E-state index in [9.17, 15) is 13.6 Å². The van der Waals surface area contributed by atoms with E-state index in [1.807, 2.05) is 6.92 Å². The second kappa shape index (κ2) is 6.75. The highest BCUT2D eigenvalue weighted by molar-refractivity contribution is 6.04. The Hall–Kier alpha value is -2.83. The predicted octanol–water partition coefficient (Wildman–Crippen LogP) is 3.20. The van der Waals surface area contributed by atoms with Crippen LogP contribution in [0.3, 0.4) is 0 Å². The molecule has 0 saturated heterocycles. The first-order valence-corrected chi connectivity index (χ1v) is 6.49. The number of aromatic nitrogens is 1. The molecule has 0 atom stereocenters. The average Bonchev–Trinajstić information content (AvgIpc) is 2.50. The number of nitrogens with one attached hydrogen (secondary N) is 1. The van der Waals surface area contributed by atoms with E-state index in [1.54, 1.807) is 6.07 Å². The summed E-state index contributed by atoms with van der Waals surface area (Å²) in [5.41, 5.74) is 0.352. The first-order valence-electron chi connectivity index (χ1n) is 6.49. The molecular formula is C15H13F2N3O2. The van der Waals surface area contributed by atoms with Crippen LogP contribution >= 0.6 is 0 Å². The van der Waals surface area contributed by atoms with Crippen molar-refractivity contribution in [2.24, 2.45) is 5.16 Å². The van der Waals surface area contributed by atoms with Gasteiger partial charge < -0.3 is 10.5 Å². The second-order valence-electron chi connectivity index (χ2n) is 4.38. The molecule has 114 valence electrons. The number of hydrogen-bond acceptors (Lipinski definition) is 4. The third-order valence-corrected chi connectivity index (χ3v) is 2.98. The summed E-state index contributed by atoms with van der Waals surface area (Å²) in [6.07, 6.45) is 1.90. The average molecular weight is 305 g/mol. The highest BCUT2D eigenvalue weighted by Crippen LogP contribution is 2.15. The van der Waals surface area contributed by atoms with Crippen LogP contribution in [0.25, 0.3) is 0 Å². The molecule has 5 nitrogen and oxygen atoms in total. The number of amides is 1. The number of rotatable bonds is 4. The smallest absolute Gasteiger partial charge is 0.262 e. The van der Waals surface area contributed by atoms with Crippen molar-refractivity contribution in [1.29, 1.82) is 0 Å². The SMILES string of the molecule is CCC(=NO)c1ccc(NC(=O)c2c(F)cccc2F)nc1. The number of carbonyl (C=O) groups excluding carboxylic acids is 1. The summed E-state index contributed by atoms with van der Waals surface area (Å²) >= 11 is 0. The minimum atomic E-state index is -0.949. The molecule has 7 heteroatoms. The Bertz CT molecular complexity index is 695. The fourth-order valence-corrected chi connectivity index (χ4v) is 1.86. The number of anilines is 1. The van der Waals surface area contributed by atoms with Gasteiger partial charge in [-0.3, -0.25) is 4.79 Å². The van der Waals surface area contributed by atoms with Crippen LogP contribution in [-0.2, 0) is 0 Å². The fraction of sp³-hybridized carbons (Fsp3) is 0.133. The lowest BCUT2D eigenvalue weighted by atomic mass is 10.1. The van der Waals surface area contributed by atoms with E-state index in [2.05, 4.69) is 15.5 Å². The number of pyridine rings is 1. The minimum absolute atomic E-state index is 0.129. The maximum atomic E-state index is 13.5. The van der Waals surface area contributed by atoms with E-state index in [1.165, 1.54) is 18.3 Å². The number of halogens is 2. The number of hydrogen-bond donors (Lipinski definition) is 2. The third kappa shape index (κ3) is 3.25. The molecule has 1 aromatic carbocycles. The molecule has 0 aliphatic rings. The van der Waals surface area contributed by atoms with Gasteiger partial charge in [0.15, 0.2) is 0 Å². The molecule has 0 bridgehead atoms. The zero-order chi connectivity index (χ0) is 16.1. The molecule has 22 heavy (non-hydrogen) atoms. The Morgan fingerprint density at radius 2 is 1.95 bits per heavy atom. The van der Waals surface area contributed by atoms with Crippen molar-refractivity contribution >= 4 is 17.4 Å². The largest absolute Gasteiger partial charge is 0.411 e. The van der Waals surface area contributed by atoms with E-state index in [-0.39, 0.29) is 5.82 Å². The molecule has 0 aliphatic carbocycles. The molecule has 2 rings (SSSR count). The molecule has 2 aromatic rings. The lowest BCUT2D eigenvalue weighted by Gasteiger charge is -2.07. The fourth-order valence-electron chi connectivity index (χ4n) is 1.86. The van der Waals surface area contributed by atoms with Crippen LogP contribution in [0.5, 0.6) is 0 Å². The van der Waals surface area contributed by atoms with Crippen molar-refractivity contribution in [2.75, 3.05) is 5.32 Å². The van der Waals surface area contributed by atoms with Gasteiger partial charge in [-0.05, 0) is 30.7 Å². The maximum absolute atomic E-state index is 13.5. The topological polar surface area (TPSA) is 74.6 Å². The van der Waals surface area contributed by atoms with Gasteiger partial charge in [-0.15, -0.1) is 0 Å². The summed E-state index contributed by atoms with van der Waals surface area (Å²) < 4.78 is 27.0. The lowest BCUT2D eigenvalue weighted by molar-refractivity contribution is 0.101. The first kappa shape index (κ1) is 15.6. The Morgan fingerprint density at radius 1 is 1.27 bits per heavy atom. The highest BCUT2D eigenvalue weighted by Gasteiger charge is 2.17. The number of nitrogens with zero attached hydrogens (tertiary/aromatic N) is 2. The van der Waals surface area contributed by atoms with E-state index in [0.717, 1.165) is 12.1 Å². The second-order valence-corrected chi connectivity index (χ2v) is 4.38. The van der Waals surface area contributed by atoms with Gasteiger partial charge in [0.25, 0.3) is 5.91 Å². The molecule has 0 spiro atoms. The maximum Gasteiger partial charge on any atom is 0.262 e. The van der Waals surface area contributed by atoms with E-state index < -0.39 is 23.1 Å². The van der Waals surface area contributed by atoms with Crippen LogP contribution in [0.15, 0.2) is 41.7 Å². The van der Waals surface area contributed by atoms with E-state index in [4.69, 9.17) is 5.21 Å². The highest BCUT2D eigenvalue weighted by atomic mass is 19.1. The number of carbonyl (C=O) groups is 1. The molecule has 0 fully saturated rings. The van der Waals surface area contributed by atoms with Crippen LogP contribution in [0.2, 0.25) is 0 Å². The van der Waals surface area contributed by atoms with Gasteiger partial charge in [0.1, 0.15) is 23.0 Å². The van der Waals surface area contributed by atoms with Crippen LogP contribution < -0.4 is 5.32 Å². The summed E-state index contributed by atoms with van der Waals surface area (Å²) in [6, 6.07) is 6.21. The van der Waals surface area contributed by atoms with E-state index >= 15 is 0 Å². The van der Waals surface area contributed by atoms with Crippen molar-refractivity contribution in [3.8, 4) is 0 Å². The normalized spacial score (nSPS) is 11.3. The van der Waals surface area contributed by atoms with Crippen molar-refractivity contribution in [1.82, 2.24) is 4.98 Å². The molecule has 0 saturated carbocycles. The first-order chi connectivity index (χ1) is 10.6. The quantitative estimate of drug-likeness (QED) is 0.517. The Labute approximate surface area is 125 Å². The van der Waals surface area contributed by atoms with Gasteiger partial charge in [0, 0.05) is 11.8 Å². The third-order valence-electron chi connectivity index (χ3n) is 2.98. The molecule has 0 aliphatic heterocycles. The predicted molar refractivity (Wildman–Crippen MR) is 77.2 cm³/mol. The van der Waals surface area contributed by atoms with Crippen molar-refractivity contribution < 1.29 is 18.8 Å². The van der Waals surface area contributed by atoms with Crippen LogP contribution in [-0.4, -0.2) is 21.8 Å². The van der Waals surface area contributed by atoms with Crippen LogP contribution in [0, 0.1) is 11.6 Å². The standard InChI is InChI=1S/C15H13F2N3O2/c1-2-12(20-22)9-6-7-13(18-8-9)19-15(21)14-10(16)4-3-5-11(14)17/h3-8,22H,2H2,1H3,(H,18,19,21). The Morgan fingerprint density at radius 3 is 2.45 bits per heavy atom.